The minimum atomic E-state index is -0.802. The van der Waals surface area contributed by atoms with E-state index in [9.17, 15) is 14.7 Å². The molecule has 0 fully saturated rings. The predicted octanol–water partition coefficient (Wildman–Crippen LogP) is 17.5. The van der Waals surface area contributed by atoms with Gasteiger partial charge in [0.05, 0.1) is 6.61 Å². The van der Waals surface area contributed by atoms with Crippen molar-refractivity contribution < 1.29 is 24.2 Å². The van der Waals surface area contributed by atoms with Gasteiger partial charge in [0.25, 0.3) is 0 Å². The van der Waals surface area contributed by atoms with Gasteiger partial charge in [-0.3, -0.25) is 9.59 Å². The molecule has 5 nitrogen and oxygen atoms in total. The van der Waals surface area contributed by atoms with Crippen molar-refractivity contribution in [1.82, 2.24) is 0 Å². The van der Waals surface area contributed by atoms with E-state index in [1.165, 1.54) is 57.8 Å². The molecule has 65 heavy (non-hydrogen) atoms. The number of hydrogen-bond donors (Lipinski definition) is 1. The number of carbonyl (C=O) groups excluding carboxylic acids is 2. The normalized spacial score (nSPS) is 13.5. The number of ether oxygens (including phenoxy) is 2. The zero-order valence-electron chi connectivity index (χ0n) is 41.4. The summed E-state index contributed by atoms with van der Waals surface area (Å²) in [5.74, 6) is -0.652. The third-order valence-electron chi connectivity index (χ3n) is 10.4. The number of aliphatic hydroxyl groups excluding tert-OH is 1. The monoisotopic (exact) mass is 895 g/mol. The summed E-state index contributed by atoms with van der Waals surface area (Å²) in [5, 5.41) is 9.59. The smallest absolute Gasteiger partial charge is 0.306 e. The van der Waals surface area contributed by atoms with Crippen LogP contribution in [0.2, 0.25) is 0 Å². The molecule has 0 radical (unpaired) electrons. The van der Waals surface area contributed by atoms with Crippen LogP contribution in [0.3, 0.4) is 0 Å². The number of hydrogen-bond acceptors (Lipinski definition) is 5. The number of esters is 2. The van der Waals surface area contributed by atoms with E-state index in [0.29, 0.717) is 12.8 Å². The number of carbonyl (C=O) groups is 2. The lowest BCUT2D eigenvalue weighted by molar-refractivity contribution is -0.161. The van der Waals surface area contributed by atoms with Crippen molar-refractivity contribution in [3.8, 4) is 0 Å². The molecule has 0 bridgehead atoms. The fraction of sp³-hybridized carbons (Fsp3) is 0.567. The van der Waals surface area contributed by atoms with Gasteiger partial charge >= 0.3 is 11.9 Å². The van der Waals surface area contributed by atoms with Crippen LogP contribution in [0, 0.1) is 0 Å². The van der Waals surface area contributed by atoms with Crippen LogP contribution >= 0.6 is 0 Å². The van der Waals surface area contributed by atoms with Crippen molar-refractivity contribution in [1.29, 1.82) is 0 Å². The van der Waals surface area contributed by atoms with Crippen molar-refractivity contribution in [2.24, 2.45) is 0 Å². The largest absolute Gasteiger partial charge is 0.462 e. The van der Waals surface area contributed by atoms with E-state index in [1.54, 1.807) is 0 Å². The van der Waals surface area contributed by atoms with Crippen LogP contribution in [-0.2, 0) is 19.1 Å². The first-order valence-corrected chi connectivity index (χ1v) is 25.9. The third-order valence-corrected chi connectivity index (χ3v) is 10.4. The van der Waals surface area contributed by atoms with Crippen molar-refractivity contribution in [2.45, 2.75) is 206 Å². The Bertz CT molecular complexity index is 1430. The van der Waals surface area contributed by atoms with Crippen LogP contribution in [-0.4, -0.2) is 36.4 Å². The van der Waals surface area contributed by atoms with Crippen molar-refractivity contribution in [3.05, 3.63) is 146 Å². The molecule has 1 unspecified atom stereocenters. The van der Waals surface area contributed by atoms with Crippen LogP contribution in [0.25, 0.3) is 0 Å². The number of aliphatic hydroxyl groups is 1. The fourth-order valence-corrected chi connectivity index (χ4v) is 6.53. The Balaban J connectivity index is 3.72. The molecule has 0 rings (SSSR count). The molecule has 1 N–H and O–H groups in total. The lowest BCUT2D eigenvalue weighted by Gasteiger charge is -2.15. The number of rotatable bonds is 45. The highest BCUT2D eigenvalue weighted by Crippen LogP contribution is 2.13. The molecular weight excluding hydrogens is 801 g/mol. The van der Waals surface area contributed by atoms with E-state index in [2.05, 4.69) is 160 Å². The van der Waals surface area contributed by atoms with Gasteiger partial charge in [-0.25, -0.2) is 0 Å². The SMILES string of the molecule is CC/C=C\C/C=C\C/C=C\C/C=C\C/C=C\C/C=C\C/C=C\C/C=C\C/C=C\C/C=C\C/C=C\C/C=C\CCCCC(=O)OC(CO)COC(=O)CCCCCCCCCCCCCC. The fourth-order valence-electron chi connectivity index (χ4n) is 6.53. The van der Waals surface area contributed by atoms with Crippen LogP contribution < -0.4 is 0 Å². The van der Waals surface area contributed by atoms with Gasteiger partial charge < -0.3 is 14.6 Å². The summed E-state index contributed by atoms with van der Waals surface area (Å²) in [6.45, 7) is 3.97. The second-order valence-electron chi connectivity index (χ2n) is 16.5. The minimum Gasteiger partial charge on any atom is -0.462 e. The highest BCUT2D eigenvalue weighted by Gasteiger charge is 2.16. The van der Waals surface area contributed by atoms with Gasteiger partial charge in [-0.1, -0.05) is 230 Å². The maximum absolute atomic E-state index is 12.2. The second-order valence-corrected chi connectivity index (χ2v) is 16.5. The summed E-state index contributed by atoms with van der Waals surface area (Å²) in [5.41, 5.74) is 0. The van der Waals surface area contributed by atoms with Gasteiger partial charge in [0.15, 0.2) is 6.10 Å². The first-order chi connectivity index (χ1) is 32.1. The van der Waals surface area contributed by atoms with E-state index in [4.69, 9.17) is 9.47 Å². The lowest BCUT2D eigenvalue weighted by Crippen LogP contribution is -2.28. The van der Waals surface area contributed by atoms with Crippen molar-refractivity contribution in [3.63, 3.8) is 0 Å². The Labute approximate surface area is 399 Å². The molecule has 0 saturated carbocycles. The Morgan fingerprint density at radius 2 is 0.662 bits per heavy atom. The molecule has 0 aliphatic heterocycles. The van der Waals surface area contributed by atoms with Crippen LogP contribution in [0.1, 0.15) is 200 Å². The Morgan fingerprint density at radius 1 is 0.369 bits per heavy atom. The van der Waals surface area contributed by atoms with Crippen LogP contribution in [0.5, 0.6) is 0 Å². The Morgan fingerprint density at radius 3 is 1.00 bits per heavy atom. The predicted molar refractivity (Wildman–Crippen MR) is 283 cm³/mol. The molecule has 364 valence electrons. The van der Waals surface area contributed by atoms with E-state index >= 15 is 0 Å². The second kappa shape index (κ2) is 54.1. The maximum atomic E-state index is 12.2. The highest BCUT2D eigenvalue weighted by atomic mass is 16.6. The van der Waals surface area contributed by atoms with Gasteiger partial charge in [0.1, 0.15) is 6.61 Å². The zero-order valence-corrected chi connectivity index (χ0v) is 41.4. The first kappa shape index (κ1) is 60.8. The number of allylic oxidation sites excluding steroid dienone is 24. The summed E-state index contributed by atoms with van der Waals surface area (Å²) in [6.07, 6.45) is 82.3. The van der Waals surface area contributed by atoms with E-state index in [0.717, 1.165) is 116 Å². The average molecular weight is 895 g/mol. The minimum absolute atomic E-state index is 0.0902. The number of unbranched alkanes of at least 4 members (excludes halogenated alkanes) is 13. The third kappa shape index (κ3) is 52.3. The molecule has 0 amide bonds. The molecule has 0 heterocycles. The summed E-state index contributed by atoms with van der Waals surface area (Å²) < 4.78 is 10.6. The van der Waals surface area contributed by atoms with Gasteiger partial charge in [0.2, 0.25) is 0 Å². The van der Waals surface area contributed by atoms with Crippen LogP contribution in [0.15, 0.2) is 146 Å². The molecule has 1 atom stereocenters. The lowest BCUT2D eigenvalue weighted by atomic mass is 10.0. The molecule has 0 saturated heterocycles. The zero-order chi connectivity index (χ0) is 47.0. The molecule has 5 heteroatoms. The molecule has 0 aliphatic rings. The Hall–Kier alpha value is -4.22. The summed E-state index contributed by atoms with van der Waals surface area (Å²) in [6, 6.07) is 0. The quantitative estimate of drug-likeness (QED) is 0.0375. The molecular formula is C60H94O5. The summed E-state index contributed by atoms with van der Waals surface area (Å²) >= 11 is 0. The van der Waals surface area contributed by atoms with E-state index in [-0.39, 0.29) is 25.2 Å². The topological polar surface area (TPSA) is 72.8 Å². The van der Waals surface area contributed by atoms with Crippen molar-refractivity contribution >= 4 is 11.9 Å². The van der Waals surface area contributed by atoms with Gasteiger partial charge in [-0.15, -0.1) is 0 Å². The molecule has 0 aromatic heterocycles. The average Bonchev–Trinajstić information content (AvgIpc) is 3.31. The maximum Gasteiger partial charge on any atom is 0.306 e. The first-order valence-electron chi connectivity index (χ1n) is 25.9. The van der Waals surface area contributed by atoms with E-state index < -0.39 is 6.10 Å². The molecule has 0 aliphatic carbocycles. The van der Waals surface area contributed by atoms with Gasteiger partial charge in [-0.05, 0) is 103 Å². The molecule has 0 aromatic rings. The van der Waals surface area contributed by atoms with Crippen molar-refractivity contribution in [2.75, 3.05) is 13.2 Å². The van der Waals surface area contributed by atoms with Gasteiger partial charge in [0, 0.05) is 12.8 Å². The molecule has 0 aromatic carbocycles. The summed E-state index contributed by atoms with van der Waals surface area (Å²) in [4.78, 5) is 24.3. The summed E-state index contributed by atoms with van der Waals surface area (Å²) in [7, 11) is 0. The highest BCUT2D eigenvalue weighted by molar-refractivity contribution is 5.70. The van der Waals surface area contributed by atoms with Crippen LogP contribution in [0.4, 0.5) is 0 Å². The molecule has 0 spiro atoms. The standard InChI is InChI=1S/C60H94O5/c1-3-5-7-9-11-13-15-17-18-19-20-21-22-23-24-25-26-27-28-29-30-31-32-33-34-35-36-37-38-39-40-41-42-43-45-47-49-51-53-55-60(63)65-58(56-61)57-64-59(62)54-52-50-48-46-44-16-14-12-10-8-6-4-2/h5,7,11,13,17-18,20-21,23-24,26-27,29-30,32-33,35-36,38-39,41-42,45,47,58,61H,3-4,6,8-10,12,14-16,19,22,25,28,31,34,37,40,43-44,46,48-57H2,1-2H3/b7-5-,13-11-,18-17-,21-20-,24-23-,27-26-,30-29-,33-32-,36-35-,39-38-,42-41-,47-45-. The van der Waals surface area contributed by atoms with E-state index in [1.807, 2.05) is 0 Å². The van der Waals surface area contributed by atoms with Gasteiger partial charge in [-0.2, -0.15) is 0 Å². The Kier molecular flexibility index (Phi) is 50.6.